The van der Waals surface area contributed by atoms with Gasteiger partial charge in [0.25, 0.3) is 0 Å². The van der Waals surface area contributed by atoms with Gasteiger partial charge in [0, 0.05) is 12.6 Å². The Morgan fingerprint density at radius 2 is 2.19 bits per heavy atom. The molecule has 92 valence electrons. The minimum Gasteiger partial charge on any atom is -0.379 e. The topological polar surface area (TPSA) is 98.5 Å². The molecular weight excluding hydrogens is 232 g/mol. The van der Waals surface area contributed by atoms with Crippen molar-refractivity contribution in [2.24, 2.45) is 11.1 Å². The minimum atomic E-state index is -2.96. The van der Waals surface area contributed by atoms with Crippen LogP contribution >= 0.6 is 0 Å². The molecule has 16 heavy (non-hydrogen) atoms. The summed E-state index contributed by atoms with van der Waals surface area (Å²) in [5.74, 6) is 0.0213. The molecule has 0 bridgehead atoms. The molecule has 0 saturated carbocycles. The van der Waals surface area contributed by atoms with Gasteiger partial charge < -0.3 is 15.8 Å². The second-order valence-electron chi connectivity index (χ2n) is 4.55. The van der Waals surface area contributed by atoms with Crippen LogP contribution in [0, 0.1) is 5.41 Å². The maximum absolute atomic E-state index is 11.9. The number of hydrogen-bond acceptors (Lipinski definition) is 5. The predicted molar refractivity (Wildman–Crippen MR) is 57.5 cm³/mol. The van der Waals surface area contributed by atoms with Gasteiger partial charge in [0.15, 0.2) is 9.84 Å². The van der Waals surface area contributed by atoms with E-state index in [9.17, 15) is 13.2 Å². The molecule has 2 fully saturated rings. The van der Waals surface area contributed by atoms with E-state index in [1.54, 1.807) is 0 Å². The van der Waals surface area contributed by atoms with Crippen molar-refractivity contribution in [2.75, 3.05) is 31.3 Å². The maximum Gasteiger partial charge on any atom is 0.232 e. The summed E-state index contributed by atoms with van der Waals surface area (Å²) < 4.78 is 27.4. The number of hydrogen-bond donors (Lipinski definition) is 2. The monoisotopic (exact) mass is 248 g/mol. The lowest BCUT2D eigenvalue weighted by atomic mass is 9.85. The third kappa shape index (κ3) is 2.07. The van der Waals surface area contributed by atoms with Crippen LogP contribution in [0.3, 0.4) is 0 Å². The number of nitrogens with one attached hydrogen (secondary N) is 1. The van der Waals surface area contributed by atoms with E-state index in [4.69, 9.17) is 10.5 Å². The van der Waals surface area contributed by atoms with E-state index in [1.807, 2.05) is 0 Å². The summed E-state index contributed by atoms with van der Waals surface area (Å²) in [6.45, 7) is 0.891. The summed E-state index contributed by atoms with van der Waals surface area (Å²) in [4.78, 5) is 11.9. The molecule has 1 atom stereocenters. The van der Waals surface area contributed by atoms with Crippen molar-refractivity contribution in [2.45, 2.75) is 12.5 Å². The van der Waals surface area contributed by atoms with Crippen molar-refractivity contribution in [3.8, 4) is 0 Å². The summed E-state index contributed by atoms with van der Waals surface area (Å²) in [5.41, 5.74) is 4.91. The molecule has 0 aromatic rings. The van der Waals surface area contributed by atoms with E-state index in [-0.39, 0.29) is 30.0 Å². The molecule has 2 rings (SSSR count). The number of sulfone groups is 1. The Morgan fingerprint density at radius 1 is 1.50 bits per heavy atom. The fourth-order valence-corrected chi connectivity index (χ4v) is 3.61. The standard InChI is InChI=1S/C9H16N2O4S/c10-4-9(5-15-6-9)8(12)11-7-1-2-16(13,14)3-7/h7H,1-6,10H2,(H,11,12). The van der Waals surface area contributed by atoms with E-state index in [0.717, 1.165) is 0 Å². The van der Waals surface area contributed by atoms with Crippen LogP contribution in [0.1, 0.15) is 6.42 Å². The molecule has 2 saturated heterocycles. The number of amides is 1. The van der Waals surface area contributed by atoms with E-state index in [0.29, 0.717) is 19.6 Å². The average molecular weight is 248 g/mol. The smallest absolute Gasteiger partial charge is 0.232 e. The molecular formula is C9H16N2O4S. The zero-order valence-corrected chi connectivity index (χ0v) is 9.76. The number of carbonyl (C=O) groups excluding carboxylic acids is 1. The van der Waals surface area contributed by atoms with Crippen LogP contribution in [0.15, 0.2) is 0 Å². The van der Waals surface area contributed by atoms with Crippen molar-refractivity contribution < 1.29 is 17.9 Å². The molecule has 0 aliphatic carbocycles. The Labute approximate surface area is 94.4 Å². The third-order valence-electron chi connectivity index (χ3n) is 3.20. The second kappa shape index (κ2) is 3.97. The highest BCUT2D eigenvalue weighted by Gasteiger charge is 2.46. The molecule has 1 unspecified atom stereocenters. The van der Waals surface area contributed by atoms with Gasteiger partial charge in [0.1, 0.15) is 5.41 Å². The van der Waals surface area contributed by atoms with Crippen molar-refractivity contribution in [1.29, 1.82) is 0 Å². The SMILES string of the molecule is NCC1(C(=O)NC2CCS(=O)(=O)C2)COC1. The lowest BCUT2D eigenvalue weighted by Crippen LogP contribution is -2.59. The Kier molecular flexibility index (Phi) is 2.93. The second-order valence-corrected chi connectivity index (χ2v) is 6.78. The van der Waals surface area contributed by atoms with Crippen molar-refractivity contribution in [3.63, 3.8) is 0 Å². The summed E-state index contributed by atoms with van der Waals surface area (Å²) in [5, 5.41) is 2.75. The predicted octanol–water partition coefficient (Wildman–Crippen LogP) is -1.73. The van der Waals surface area contributed by atoms with Gasteiger partial charge in [-0.2, -0.15) is 0 Å². The van der Waals surface area contributed by atoms with E-state index in [2.05, 4.69) is 5.32 Å². The highest BCUT2D eigenvalue weighted by molar-refractivity contribution is 7.91. The molecule has 3 N–H and O–H groups in total. The highest BCUT2D eigenvalue weighted by Crippen LogP contribution is 2.27. The van der Waals surface area contributed by atoms with Gasteiger partial charge in [0.2, 0.25) is 5.91 Å². The number of nitrogens with two attached hydrogens (primary N) is 1. The first kappa shape index (κ1) is 11.8. The first-order chi connectivity index (χ1) is 7.47. The number of carbonyl (C=O) groups is 1. The number of rotatable bonds is 3. The third-order valence-corrected chi connectivity index (χ3v) is 4.96. The highest BCUT2D eigenvalue weighted by atomic mass is 32.2. The van der Waals surface area contributed by atoms with E-state index >= 15 is 0 Å². The average Bonchev–Trinajstić information content (AvgIpc) is 2.44. The van der Waals surface area contributed by atoms with Gasteiger partial charge >= 0.3 is 0 Å². The van der Waals surface area contributed by atoms with Crippen LogP contribution in [0.2, 0.25) is 0 Å². The Morgan fingerprint density at radius 3 is 2.56 bits per heavy atom. The van der Waals surface area contributed by atoms with Gasteiger partial charge in [0.05, 0.1) is 24.7 Å². The van der Waals surface area contributed by atoms with Gasteiger partial charge in [-0.1, -0.05) is 0 Å². The van der Waals surface area contributed by atoms with Crippen molar-refractivity contribution in [3.05, 3.63) is 0 Å². The molecule has 6 nitrogen and oxygen atoms in total. The Hall–Kier alpha value is -0.660. The van der Waals surface area contributed by atoms with E-state index < -0.39 is 15.3 Å². The molecule has 0 aromatic heterocycles. The van der Waals surface area contributed by atoms with Crippen LogP contribution < -0.4 is 11.1 Å². The molecule has 2 aliphatic rings. The summed E-state index contributed by atoms with van der Waals surface area (Å²) in [7, 11) is -2.96. The molecule has 0 spiro atoms. The van der Waals surface area contributed by atoms with E-state index in [1.165, 1.54) is 0 Å². The van der Waals surface area contributed by atoms with Crippen LogP contribution in [0.4, 0.5) is 0 Å². The first-order valence-corrected chi connectivity index (χ1v) is 7.09. The zero-order valence-electron chi connectivity index (χ0n) is 8.94. The van der Waals surface area contributed by atoms with Gasteiger partial charge in [-0.25, -0.2) is 8.42 Å². The Bertz CT molecular complexity index is 383. The Balaban J connectivity index is 1.93. The molecule has 2 aliphatic heterocycles. The fourth-order valence-electron chi connectivity index (χ4n) is 1.94. The van der Waals surface area contributed by atoms with Crippen LogP contribution in [-0.4, -0.2) is 51.6 Å². The van der Waals surface area contributed by atoms with Gasteiger partial charge in [-0.3, -0.25) is 4.79 Å². The van der Waals surface area contributed by atoms with Crippen LogP contribution in [0.5, 0.6) is 0 Å². The minimum absolute atomic E-state index is 0.0419. The lowest BCUT2D eigenvalue weighted by Gasteiger charge is -2.39. The summed E-state index contributed by atoms with van der Waals surface area (Å²) >= 11 is 0. The molecule has 1 amide bonds. The molecule has 0 radical (unpaired) electrons. The number of ether oxygens (including phenoxy) is 1. The largest absolute Gasteiger partial charge is 0.379 e. The summed E-state index contributed by atoms with van der Waals surface area (Å²) in [6.07, 6.45) is 0.496. The van der Waals surface area contributed by atoms with Gasteiger partial charge in [-0.15, -0.1) is 0 Å². The first-order valence-electron chi connectivity index (χ1n) is 5.27. The maximum atomic E-state index is 11.9. The van der Waals surface area contributed by atoms with Gasteiger partial charge in [-0.05, 0) is 6.42 Å². The zero-order chi connectivity index (χ0) is 11.8. The quantitative estimate of drug-likeness (QED) is 0.618. The molecule has 0 aromatic carbocycles. The molecule has 2 heterocycles. The van der Waals surface area contributed by atoms with Crippen molar-refractivity contribution in [1.82, 2.24) is 5.32 Å². The lowest BCUT2D eigenvalue weighted by molar-refractivity contribution is -0.159. The normalized spacial score (nSPS) is 30.7. The fraction of sp³-hybridized carbons (Fsp3) is 0.889. The summed E-state index contributed by atoms with van der Waals surface area (Å²) in [6, 6.07) is -0.262. The van der Waals surface area contributed by atoms with Crippen LogP contribution in [-0.2, 0) is 19.4 Å². The molecule has 7 heteroatoms. The van der Waals surface area contributed by atoms with Crippen LogP contribution in [0.25, 0.3) is 0 Å². The van der Waals surface area contributed by atoms with Crippen molar-refractivity contribution >= 4 is 15.7 Å².